The van der Waals surface area contributed by atoms with Gasteiger partial charge in [-0.05, 0) is 13.3 Å². The van der Waals surface area contributed by atoms with Gasteiger partial charge in [0, 0.05) is 0 Å². The molecule has 0 rings (SSSR count). The third-order valence-electron chi connectivity index (χ3n) is 3.12. The molecule has 0 saturated heterocycles. The number of rotatable bonds is 11. The molecule has 0 aliphatic rings. The molecule has 16 heavy (non-hydrogen) atoms. The Bertz CT molecular complexity index is 140. The first-order valence-corrected chi connectivity index (χ1v) is 6.85. The Balaban J connectivity index is 3.04. The summed E-state index contributed by atoms with van der Waals surface area (Å²) in [6.07, 6.45) is 12.6. The molecule has 0 aliphatic carbocycles. The quantitative estimate of drug-likeness (QED) is 0.410. The maximum absolute atomic E-state index is 8.73. The van der Waals surface area contributed by atoms with Crippen molar-refractivity contribution >= 4 is 0 Å². The minimum absolute atomic E-state index is 0.135. The molecule has 0 bridgehead atoms. The molecule has 1 unspecified atom stereocenters. The summed E-state index contributed by atoms with van der Waals surface area (Å²) < 4.78 is 0. The maximum atomic E-state index is 8.73. The minimum Gasteiger partial charge on any atom is -0.289 e. The van der Waals surface area contributed by atoms with Crippen LogP contribution in [-0.4, -0.2) is 21.7 Å². The molecule has 0 fully saturated rings. The van der Waals surface area contributed by atoms with Gasteiger partial charge < -0.3 is 0 Å². The summed E-state index contributed by atoms with van der Waals surface area (Å²) in [5, 5.41) is 17.8. The van der Waals surface area contributed by atoms with Crippen molar-refractivity contribution in [2.24, 2.45) is 0 Å². The molecular weight excluding hydrogens is 202 g/mol. The topological polar surface area (TPSA) is 43.7 Å². The summed E-state index contributed by atoms with van der Waals surface area (Å²) in [5.74, 6) is 0. The highest BCUT2D eigenvalue weighted by atomic mass is 16.8. The lowest BCUT2D eigenvalue weighted by atomic mass is 10.1. The first-order valence-electron chi connectivity index (χ1n) is 6.85. The van der Waals surface area contributed by atoms with Gasteiger partial charge in [-0.3, -0.25) is 10.4 Å². The van der Waals surface area contributed by atoms with Gasteiger partial charge in [0.25, 0.3) is 0 Å². The lowest BCUT2D eigenvalue weighted by Crippen LogP contribution is -2.25. The van der Waals surface area contributed by atoms with E-state index in [2.05, 4.69) is 6.92 Å². The maximum Gasteiger partial charge on any atom is 0.0595 e. The van der Waals surface area contributed by atoms with E-state index in [9.17, 15) is 0 Å². The number of hydroxylamine groups is 2. The number of nitrogens with zero attached hydrogens (tertiary/aromatic N) is 1. The van der Waals surface area contributed by atoms with Crippen molar-refractivity contribution in [3.63, 3.8) is 0 Å². The number of unbranched alkanes of at least 4 members (excludes halogenated alkanes) is 8. The van der Waals surface area contributed by atoms with Crippen LogP contribution in [0.5, 0.6) is 0 Å². The first-order chi connectivity index (χ1) is 7.68. The zero-order valence-electron chi connectivity index (χ0n) is 11.0. The van der Waals surface area contributed by atoms with E-state index in [-0.39, 0.29) is 6.04 Å². The highest BCUT2D eigenvalue weighted by molar-refractivity contribution is 4.54. The lowest BCUT2D eigenvalue weighted by molar-refractivity contribution is -0.329. The monoisotopic (exact) mass is 231 g/mol. The van der Waals surface area contributed by atoms with Crippen molar-refractivity contribution in [1.29, 1.82) is 0 Å². The predicted molar refractivity (Wildman–Crippen MR) is 66.7 cm³/mol. The standard InChI is InChI=1S/C13H29NO2/c1-3-4-5-6-7-8-9-10-11-12-13(2)14(15)16/h13,15-16H,3-12H2,1-2H3. The van der Waals surface area contributed by atoms with Crippen LogP contribution in [0.25, 0.3) is 0 Å². The van der Waals surface area contributed by atoms with Gasteiger partial charge in [-0.1, -0.05) is 69.9 Å². The Kier molecular flexibility index (Phi) is 11.3. The van der Waals surface area contributed by atoms with Crippen molar-refractivity contribution in [3.8, 4) is 0 Å². The van der Waals surface area contributed by atoms with Crippen molar-refractivity contribution in [2.75, 3.05) is 0 Å². The summed E-state index contributed by atoms with van der Waals surface area (Å²) >= 11 is 0. The van der Waals surface area contributed by atoms with Crippen molar-refractivity contribution in [3.05, 3.63) is 0 Å². The third kappa shape index (κ3) is 10.4. The summed E-state index contributed by atoms with van der Waals surface area (Å²) in [5.41, 5.74) is 0. The molecule has 0 aromatic carbocycles. The summed E-state index contributed by atoms with van der Waals surface area (Å²) in [6.45, 7) is 4.07. The summed E-state index contributed by atoms with van der Waals surface area (Å²) in [7, 11) is 0. The lowest BCUT2D eigenvalue weighted by Gasteiger charge is -2.14. The van der Waals surface area contributed by atoms with Crippen LogP contribution in [0.3, 0.4) is 0 Å². The number of hydrogen-bond acceptors (Lipinski definition) is 3. The molecule has 0 aromatic heterocycles. The fourth-order valence-corrected chi connectivity index (χ4v) is 1.87. The van der Waals surface area contributed by atoms with Gasteiger partial charge in [0.15, 0.2) is 0 Å². The molecule has 3 nitrogen and oxygen atoms in total. The van der Waals surface area contributed by atoms with E-state index in [1.807, 2.05) is 6.92 Å². The fraction of sp³-hybridized carbons (Fsp3) is 1.00. The van der Waals surface area contributed by atoms with Crippen LogP contribution in [0.4, 0.5) is 0 Å². The highest BCUT2D eigenvalue weighted by Crippen LogP contribution is 2.12. The molecule has 0 heterocycles. The molecule has 3 heteroatoms. The van der Waals surface area contributed by atoms with Gasteiger partial charge in [0.1, 0.15) is 0 Å². The average Bonchev–Trinajstić information content (AvgIpc) is 2.26. The molecule has 98 valence electrons. The zero-order valence-corrected chi connectivity index (χ0v) is 11.0. The van der Waals surface area contributed by atoms with Crippen LogP contribution in [0, 0.1) is 0 Å². The molecular formula is C13H29NO2. The molecule has 1 atom stereocenters. The third-order valence-corrected chi connectivity index (χ3v) is 3.12. The Morgan fingerprint density at radius 2 is 1.25 bits per heavy atom. The normalized spacial score (nSPS) is 13.3. The van der Waals surface area contributed by atoms with Gasteiger partial charge in [-0.2, -0.15) is 0 Å². The van der Waals surface area contributed by atoms with E-state index in [0.717, 1.165) is 12.8 Å². The highest BCUT2D eigenvalue weighted by Gasteiger charge is 2.06. The molecule has 2 N–H and O–H groups in total. The van der Waals surface area contributed by atoms with Crippen LogP contribution in [0.1, 0.15) is 78.1 Å². The van der Waals surface area contributed by atoms with Gasteiger partial charge >= 0.3 is 0 Å². The minimum atomic E-state index is -0.135. The molecule has 0 aromatic rings. The van der Waals surface area contributed by atoms with Gasteiger partial charge in [0.2, 0.25) is 0 Å². The Morgan fingerprint density at radius 3 is 1.69 bits per heavy atom. The van der Waals surface area contributed by atoms with Crippen molar-refractivity contribution in [2.45, 2.75) is 84.1 Å². The van der Waals surface area contributed by atoms with Crippen LogP contribution in [-0.2, 0) is 0 Å². The fourth-order valence-electron chi connectivity index (χ4n) is 1.87. The SMILES string of the molecule is CCCCCCCCCCCC(C)N(O)O. The molecule has 0 amide bonds. The van der Waals surface area contributed by atoms with Crippen LogP contribution >= 0.6 is 0 Å². The van der Waals surface area contributed by atoms with Gasteiger partial charge in [-0.25, -0.2) is 0 Å². The largest absolute Gasteiger partial charge is 0.289 e. The van der Waals surface area contributed by atoms with Crippen LogP contribution < -0.4 is 0 Å². The molecule has 0 aliphatic heterocycles. The Hall–Kier alpha value is -0.120. The second kappa shape index (κ2) is 11.4. The Morgan fingerprint density at radius 1 is 0.812 bits per heavy atom. The van der Waals surface area contributed by atoms with Gasteiger partial charge in [-0.15, -0.1) is 0 Å². The summed E-state index contributed by atoms with van der Waals surface area (Å²) in [6, 6.07) is -0.135. The predicted octanol–water partition coefficient (Wildman–Crippen LogP) is 4.38. The molecule has 0 radical (unpaired) electrons. The van der Waals surface area contributed by atoms with Crippen molar-refractivity contribution < 1.29 is 10.4 Å². The number of hydrogen-bond donors (Lipinski definition) is 2. The first kappa shape index (κ1) is 15.9. The van der Waals surface area contributed by atoms with Crippen molar-refractivity contribution in [1.82, 2.24) is 5.23 Å². The summed E-state index contributed by atoms with van der Waals surface area (Å²) in [4.78, 5) is 0. The smallest absolute Gasteiger partial charge is 0.0595 e. The van der Waals surface area contributed by atoms with Crippen LogP contribution in [0.2, 0.25) is 0 Å². The second-order valence-corrected chi connectivity index (χ2v) is 4.79. The molecule has 0 spiro atoms. The second-order valence-electron chi connectivity index (χ2n) is 4.79. The van der Waals surface area contributed by atoms with E-state index in [0.29, 0.717) is 5.23 Å². The van der Waals surface area contributed by atoms with E-state index in [1.165, 1.54) is 51.4 Å². The van der Waals surface area contributed by atoms with Crippen LogP contribution in [0.15, 0.2) is 0 Å². The average molecular weight is 231 g/mol. The van der Waals surface area contributed by atoms with E-state index >= 15 is 0 Å². The Labute approximate surface area is 100 Å². The van der Waals surface area contributed by atoms with Gasteiger partial charge in [0.05, 0.1) is 6.04 Å². The van der Waals surface area contributed by atoms with E-state index < -0.39 is 0 Å². The molecule has 0 saturated carbocycles. The van der Waals surface area contributed by atoms with E-state index in [1.54, 1.807) is 0 Å². The zero-order chi connectivity index (χ0) is 12.2. The van der Waals surface area contributed by atoms with E-state index in [4.69, 9.17) is 10.4 Å².